The topological polar surface area (TPSA) is 98.3 Å². The summed E-state index contributed by atoms with van der Waals surface area (Å²) in [6, 6.07) is 0. The zero-order valence-corrected chi connectivity index (χ0v) is 10.9. The fraction of sp³-hybridized carbons (Fsp3) is 0.600. The van der Waals surface area contributed by atoms with Crippen LogP contribution in [0.4, 0.5) is 5.82 Å². The van der Waals surface area contributed by atoms with E-state index < -0.39 is 10.9 Å². The SMILES string of the molecule is Cn1c([N+](=O)[O-])cnc1SCCCCCC(=O)O. The molecular formula is C10H15N3O4S. The molecule has 1 aromatic rings. The standard InChI is InChI=1S/C10H15N3O4S/c1-12-8(13(16)17)7-11-10(12)18-6-4-2-3-5-9(14)15/h7H,2-6H2,1H3,(H,14,15). The summed E-state index contributed by atoms with van der Waals surface area (Å²) < 4.78 is 1.45. The molecule has 0 unspecified atom stereocenters. The van der Waals surface area contributed by atoms with Crippen molar-refractivity contribution in [3.63, 3.8) is 0 Å². The summed E-state index contributed by atoms with van der Waals surface area (Å²) in [5, 5.41) is 19.7. The van der Waals surface area contributed by atoms with Gasteiger partial charge in [0, 0.05) is 12.2 Å². The lowest BCUT2D eigenvalue weighted by atomic mass is 10.2. The van der Waals surface area contributed by atoms with Crippen LogP contribution >= 0.6 is 11.8 Å². The molecular weight excluding hydrogens is 258 g/mol. The van der Waals surface area contributed by atoms with E-state index in [2.05, 4.69) is 4.98 Å². The minimum Gasteiger partial charge on any atom is -0.481 e. The Hall–Kier alpha value is -1.57. The Morgan fingerprint density at radius 3 is 2.83 bits per heavy atom. The molecule has 1 rings (SSSR count). The molecule has 7 nitrogen and oxygen atoms in total. The summed E-state index contributed by atoms with van der Waals surface area (Å²) in [7, 11) is 1.61. The molecule has 1 aromatic heterocycles. The van der Waals surface area contributed by atoms with E-state index in [0.717, 1.165) is 18.6 Å². The van der Waals surface area contributed by atoms with Gasteiger partial charge in [-0.05, 0) is 17.8 Å². The maximum atomic E-state index is 10.6. The van der Waals surface area contributed by atoms with Crippen molar-refractivity contribution in [2.75, 3.05) is 5.75 Å². The molecule has 0 radical (unpaired) electrons. The zero-order chi connectivity index (χ0) is 13.5. The Morgan fingerprint density at radius 1 is 1.56 bits per heavy atom. The molecule has 0 spiro atoms. The van der Waals surface area contributed by atoms with Crippen LogP contribution in [-0.4, -0.2) is 31.3 Å². The summed E-state index contributed by atoms with van der Waals surface area (Å²) in [6.07, 6.45) is 3.81. The number of aromatic nitrogens is 2. The van der Waals surface area contributed by atoms with Crippen molar-refractivity contribution in [1.82, 2.24) is 9.55 Å². The summed E-state index contributed by atoms with van der Waals surface area (Å²) >= 11 is 1.44. The highest BCUT2D eigenvalue weighted by atomic mass is 32.2. The van der Waals surface area contributed by atoms with Gasteiger partial charge < -0.3 is 15.2 Å². The lowest BCUT2D eigenvalue weighted by Crippen LogP contribution is -1.98. The fourth-order valence-corrected chi connectivity index (χ4v) is 2.35. The Morgan fingerprint density at radius 2 is 2.28 bits per heavy atom. The van der Waals surface area contributed by atoms with E-state index in [-0.39, 0.29) is 12.2 Å². The number of thioether (sulfide) groups is 1. The summed E-state index contributed by atoms with van der Waals surface area (Å²) in [5.41, 5.74) is 0. The number of hydrogen-bond donors (Lipinski definition) is 1. The molecule has 1 heterocycles. The third-order valence-electron chi connectivity index (χ3n) is 2.37. The number of carboxylic acid groups (broad SMARTS) is 1. The highest BCUT2D eigenvalue weighted by Crippen LogP contribution is 2.22. The number of carbonyl (C=O) groups is 1. The van der Waals surface area contributed by atoms with Gasteiger partial charge in [-0.25, -0.2) is 9.55 Å². The summed E-state index contributed by atoms with van der Waals surface area (Å²) in [4.78, 5) is 24.4. The molecule has 18 heavy (non-hydrogen) atoms. The lowest BCUT2D eigenvalue weighted by molar-refractivity contribution is -0.392. The van der Waals surface area contributed by atoms with E-state index in [4.69, 9.17) is 5.11 Å². The van der Waals surface area contributed by atoms with Crippen molar-refractivity contribution in [1.29, 1.82) is 0 Å². The van der Waals surface area contributed by atoms with E-state index in [1.807, 2.05) is 0 Å². The van der Waals surface area contributed by atoms with Gasteiger partial charge in [0.05, 0.1) is 7.05 Å². The van der Waals surface area contributed by atoms with Crippen molar-refractivity contribution < 1.29 is 14.8 Å². The molecule has 0 aliphatic rings. The molecule has 0 saturated carbocycles. The number of carboxylic acids is 1. The van der Waals surface area contributed by atoms with E-state index >= 15 is 0 Å². The molecule has 0 bridgehead atoms. The predicted molar refractivity (Wildman–Crippen MR) is 66.7 cm³/mol. The van der Waals surface area contributed by atoms with E-state index in [1.54, 1.807) is 7.05 Å². The maximum absolute atomic E-state index is 10.6. The van der Waals surface area contributed by atoms with Gasteiger partial charge in [-0.3, -0.25) is 4.79 Å². The highest BCUT2D eigenvalue weighted by Gasteiger charge is 2.16. The van der Waals surface area contributed by atoms with Gasteiger partial charge in [0.1, 0.15) is 6.20 Å². The average Bonchev–Trinajstić information content (AvgIpc) is 2.65. The Bertz CT molecular complexity index is 433. The van der Waals surface area contributed by atoms with E-state index in [0.29, 0.717) is 11.6 Å². The minimum atomic E-state index is -0.776. The number of nitrogens with zero attached hydrogens (tertiary/aromatic N) is 3. The van der Waals surface area contributed by atoms with Crippen LogP contribution in [0.25, 0.3) is 0 Å². The first kappa shape index (κ1) is 14.5. The van der Waals surface area contributed by atoms with Crippen LogP contribution in [0.2, 0.25) is 0 Å². The largest absolute Gasteiger partial charge is 0.481 e. The number of imidazole rings is 1. The lowest BCUT2D eigenvalue weighted by Gasteiger charge is -1.99. The van der Waals surface area contributed by atoms with E-state index in [1.165, 1.54) is 22.5 Å². The molecule has 0 aromatic carbocycles. The van der Waals surface area contributed by atoms with Crippen molar-refractivity contribution in [2.24, 2.45) is 7.05 Å². The number of aliphatic carboxylic acids is 1. The van der Waals surface area contributed by atoms with Crippen LogP contribution in [0.15, 0.2) is 11.4 Å². The summed E-state index contributed by atoms with van der Waals surface area (Å²) in [5.74, 6) is -0.0208. The molecule has 0 aliphatic heterocycles. The maximum Gasteiger partial charge on any atom is 0.343 e. The average molecular weight is 273 g/mol. The first-order valence-corrected chi connectivity index (χ1v) is 6.51. The van der Waals surface area contributed by atoms with Gasteiger partial charge in [-0.15, -0.1) is 0 Å². The van der Waals surface area contributed by atoms with Gasteiger partial charge in [0.2, 0.25) is 0 Å². The van der Waals surface area contributed by atoms with E-state index in [9.17, 15) is 14.9 Å². The number of nitro groups is 1. The van der Waals surface area contributed by atoms with Crippen LogP contribution in [-0.2, 0) is 11.8 Å². The highest BCUT2D eigenvalue weighted by molar-refractivity contribution is 7.99. The molecule has 0 saturated heterocycles. The monoisotopic (exact) mass is 273 g/mol. The van der Waals surface area contributed by atoms with Crippen LogP contribution in [0.5, 0.6) is 0 Å². The van der Waals surface area contributed by atoms with Crippen LogP contribution in [0, 0.1) is 10.1 Å². The van der Waals surface area contributed by atoms with Crippen molar-refractivity contribution in [3.05, 3.63) is 16.3 Å². The fourth-order valence-electron chi connectivity index (χ4n) is 1.41. The smallest absolute Gasteiger partial charge is 0.343 e. The quantitative estimate of drug-likeness (QED) is 0.337. The van der Waals surface area contributed by atoms with Crippen LogP contribution in [0.1, 0.15) is 25.7 Å². The third-order valence-corrected chi connectivity index (χ3v) is 3.50. The first-order valence-electron chi connectivity index (χ1n) is 5.53. The van der Waals surface area contributed by atoms with Crippen molar-refractivity contribution in [3.8, 4) is 0 Å². The predicted octanol–water partition coefficient (Wildman–Crippen LogP) is 2.07. The Labute approximate surface area is 108 Å². The zero-order valence-electron chi connectivity index (χ0n) is 10.0. The van der Waals surface area contributed by atoms with Crippen molar-refractivity contribution in [2.45, 2.75) is 30.8 Å². The Balaban J connectivity index is 2.27. The van der Waals surface area contributed by atoms with Crippen LogP contribution in [0.3, 0.4) is 0 Å². The molecule has 8 heteroatoms. The van der Waals surface area contributed by atoms with Gasteiger partial charge in [-0.1, -0.05) is 18.2 Å². The van der Waals surface area contributed by atoms with Gasteiger partial charge in [0.15, 0.2) is 0 Å². The molecule has 0 amide bonds. The molecule has 0 atom stereocenters. The summed E-state index contributed by atoms with van der Waals surface area (Å²) in [6.45, 7) is 0. The minimum absolute atomic E-state index is 0.0247. The van der Waals surface area contributed by atoms with Gasteiger partial charge in [-0.2, -0.15) is 0 Å². The second-order valence-electron chi connectivity index (χ2n) is 3.77. The number of rotatable bonds is 8. The molecule has 0 fully saturated rings. The van der Waals surface area contributed by atoms with Gasteiger partial charge in [0.25, 0.3) is 5.16 Å². The number of hydrogen-bond acceptors (Lipinski definition) is 5. The van der Waals surface area contributed by atoms with Crippen LogP contribution < -0.4 is 0 Å². The molecule has 100 valence electrons. The second-order valence-corrected chi connectivity index (χ2v) is 4.83. The second kappa shape index (κ2) is 7.00. The Kier molecular flexibility index (Phi) is 5.63. The first-order chi connectivity index (χ1) is 8.52. The molecule has 0 aliphatic carbocycles. The third kappa shape index (κ3) is 4.36. The normalized spacial score (nSPS) is 10.5. The number of unbranched alkanes of at least 4 members (excludes halogenated alkanes) is 2. The molecule has 1 N–H and O–H groups in total. The van der Waals surface area contributed by atoms with Crippen molar-refractivity contribution >= 4 is 23.5 Å². The van der Waals surface area contributed by atoms with Gasteiger partial charge >= 0.3 is 11.8 Å².